The van der Waals surface area contributed by atoms with Gasteiger partial charge in [-0.2, -0.15) is 9.78 Å². The minimum absolute atomic E-state index is 0.195. The molecule has 32 heavy (non-hydrogen) atoms. The number of hydrogen-bond donors (Lipinski definition) is 1. The predicted octanol–water partition coefficient (Wildman–Crippen LogP) is 4.69. The number of ether oxygens (including phenoxy) is 1. The highest BCUT2D eigenvalue weighted by molar-refractivity contribution is 6.10. The fraction of sp³-hybridized carbons (Fsp3) is 0.200. The van der Waals surface area contributed by atoms with Gasteiger partial charge in [0.2, 0.25) is 0 Å². The van der Waals surface area contributed by atoms with Crippen molar-refractivity contribution in [2.75, 3.05) is 12.4 Å². The average Bonchev–Trinajstić information content (AvgIpc) is 3.13. The van der Waals surface area contributed by atoms with Crippen LogP contribution in [0.3, 0.4) is 0 Å². The van der Waals surface area contributed by atoms with Gasteiger partial charge < -0.3 is 10.1 Å². The zero-order chi connectivity index (χ0) is 23.0. The van der Waals surface area contributed by atoms with Gasteiger partial charge in [-0.3, -0.25) is 4.79 Å². The van der Waals surface area contributed by atoms with Crippen molar-refractivity contribution in [3.63, 3.8) is 0 Å². The van der Waals surface area contributed by atoms with E-state index in [2.05, 4.69) is 29.5 Å². The van der Waals surface area contributed by atoms with Crippen LogP contribution in [0.4, 0.5) is 5.82 Å². The second-order valence-corrected chi connectivity index (χ2v) is 7.85. The molecule has 7 nitrogen and oxygen atoms in total. The molecule has 0 atom stereocenters. The SMILES string of the molecule is COC(=O)c1ccccc1C(=O)Nc1cc(C)nn1-c1cc(C)c2cc(C)cc(C)c2n1. The van der Waals surface area contributed by atoms with Gasteiger partial charge in [0.25, 0.3) is 5.91 Å². The van der Waals surface area contributed by atoms with E-state index in [0.29, 0.717) is 11.6 Å². The number of nitrogens with zero attached hydrogens (tertiary/aromatic N) is 3. The maximum atomic E-state index is 13.0. The van der Waals surface area contributed by atoms with Crippen LogP contribution >= 0.6 is 0 Å². The van der Waals surface area contributed by atoms with Crippen molar-refractivity contribution >= 4 is 28.6 Å². The Morgan fingerprint density at radius 2 is 1.66 bits per heavy atom. The van der Waals surface area contributed by atoms with E-state index in [4.69, 9.17) is 9.72 Å². The number of carbonyl (C=O) groups excluding carboxylic acids is 2. The Morgan fingerprint density at radius 1 is 0.938 bits per heavy atom. The first kappa shape index (κ1) is 21.2. The molecule has 1 amide bonds. The van der Waals surface area contributed by atoms with Crippen molar-refractivity contribution in [2.24, 2.45) is 0 Å². The van der Waals surface area contributed by atoms with Gasteiger partial charge in [0.15, 0.2) is 5.82 Å². The summed E-state index contributed by atoms with van der Waals surface area (Å²) in [6.45, 7) is 7.98. The number of amides is 1. The van der Waals surface area contributed by atoms with Gasteiger partial charge in [0, 0.05) is 11.5 Å². The Morgan fingerprint density at radius 3 is 2.38 bits per heavy atom. The molecular formula is C25H24N4O3. The van der Waals surface area contributed by atoms with E-state index in [1.807, 2.05) is 26.8 Å². The summed E-state index contributed by atoms with van der Waals surface area (Å²) < 4.78 is 6.41. The molecule has 0 radical (unpaired) electrons. The van der Waals surface area contributed by atoms with Crippen molar-refractivity contribution in [3.05, 3.63) is 82.0 Å². The summed E-state index contributed by atoms with van der Waals surface area (Å²) in [6, 6.07) is 14.5. The monoisotopic (exact) mass is 428 g/mol. The average molecular weight is 428 g/mol. The van der Waals surface area contributed by atoms with Gasteiger partial charge >= 0.3 is 5.97 Å². The lowest BCUT2D eigenvalue weighted by Crippen LogP contribution is -2.19. The Bertz CT molecular complexity index is 1370. The van der Waals surface area contributed by atoms with Crippen LogP contribution in [0.15, 0.2) is 48.5 Å². The number of pyridine rings is 1. The number of aryl methyl sites for hydroxylation is 4. The number of hydrogen-bond acceptors (Lipinski definition) is 5. The Balaban J connectivity index is 1.77. The largest absolute Gasteiger partial charge is 0.465 e. The summed E-state index contributed by atoms with van der Waals surface area (Å²) in [4.78, 5) is 29.9. The molecule has 2 aromatic heterocycles. The molecule has 0 spiro atoms. The smallest absolute Gasteiger partial charge is 0.338 e. The topological polar surface area (TPSA) is 86.1 Å². The Hall–Kier alpha value is -4.00. The summed E-state index contributed by atoms with van der Waals surface area (Å²) >= 11 is 0. The highest BCUT2D eigenvalue weighted by atomic mass is 16.5. The highest BCUT2D eigenvalue weighted by Crippen LogP contribution is 2.26. The predicted molar refractivity (Wildman–Crippen MR) is 124 cm³/mol. The molecule has 0 saturated carbocycles. The summed E-state index contributed by atoms with van der Waals surface area (Å²) in [7, 11) is 1.28. The molecule has 0 aliphatic rings. The molecule has 162 valence electrons. The van der Waals surface area contributed by atoms with E-state index in [1.165, 1.54) is 12.7 Å². The number of nitrogens with one attached hydrogen (secondary N) is 1. The number of rotatable bonds is 4. The molecule has 2 heterocycles. The van der Waals surface area contributed by atoms with E-state index < -0.39 is 11.9 Å². The number of benzene rings is 2. The lowest BCUT2D eigenvalue weighted by molar-refractivity contribution is 0.0597. The second kappa shape index (κ2) is 8.26. The normalized spacial score (nSPS) is 10.9. The zero-order valence-corrected chi connectivity index (χ0v) is 18.7. The maximum absolute atomic E-state index is 13.0. The Labute approximate surface area is 186 Å². The van der Waals surface area contributed by atoms with E-state index >= 15 is 0 Å². The van der Waals surface area contributed by atoms with E-state index in [-0.39, 0.29) is 11.1 Å². The fourth-order valence-electron chi connectivity index (χ4n) is 3.85. The third-order valence-electron chi connectivity index (χ3n) is 5.31. The minimum Gasteiger partial charge on any atom is -0.465 e. The van der Waals surface area contributed by atoms with Crippen molar-refractivity contribution < 1.29 is 14.3 Å². The molecule has 0 aliphatic heterocycles. The number of carbonyl (C=O) groups is 2. The van der Waals surface area contributed by atoms with E-state index in [0.717, 1.165) is 27.7 Å². The summed E-state index contributed by atoms with van der Waals surface area (Å²) in [5.74, 6) is 0.0595. The van der Waals surface area contributed by atoms with Crippen LogP contribution in [0.25, 0.3) is 16.7 Å². The lowest BCUT2D eigenvalue weighted by Gasteiger charge is -2.13. The molecule has 4 aromatic rings. The van der Waals surface area contributed by atoms with E-state index in [9.17, 15) is 9.59 Å². The van der Waals surface area contributed by atoms with Crippen molar-refractivity contribution in [2.45, 2.75) is 27.7 Å². The molecule has 0 unspecified atom stereocenters. The standard InChI is InChI=1S/C25H24N4O3/c1-14-10-16(3)23-20(11-14)15(2)12-21(26-23)29-22(13-17(4)28-29)27-24(30)18-8-6-7-9-19(18)25(31)32-5/h6-13H,1-5H3,(H,27,30). The van der Waals surface area contributed by atoms with Crippen LogP contribution in [0.5, 0.6) is 0 Å². The lowest BCUT2D eigenvalue weighted by atomic mass is 10.0. The van der Waals surface area contributed by atoms with Crippen molar-refractivity contribution in [3.8, 4) is 5.82 Å². The fourth-order valence-corrected chi connectivity index (χ4v) is 3.85. The van der Waals surface area contributed by atoms with Gasteiger partial charge in [0.1, 0.15) is 5.82 Å². The number of methoxy groups -OCH3 is 1. The Kier molecular flexibility index (Phi) is 5.48. The van der Waals surface area contributed by atoms with Crippen LogP contribution in [-0.2, 0) is 4.74 Å². The molecule has 0 saturated heterocycles. The van der Waals surface area contributed by atoms with Crippen LogP contribution in [-0.4, -0.2) is 33.8 Å². The molecule has 0 bridgehead atoms. The number of esters is 1. The highest BCUT2D eigenvalue weighted by Gasteiger charge is 2.20. The number of aromatic nitrogens is 3. The molecule has 0 fully saturated rings. The number of fused-ring (bicyclic) bond motifs is 1. The minimum atomic E-state index is -0.571. The summed E-state index contributed by atoms with van der Waals surface area (Å²) in [5, 5.41) is 8.51. The molecule has 7 heteroatoms. The van der Waals surface area contributed by atoms with Crippen LogP contribution in [0.1, 0.15) is 43.1 Å². The molecule has 2 aromatic carbocycles. The van der Waals surface area contributed by atoms with Gasteiger partial charge in [-0.05, 0) is 63.1 Å². The molecule has 4 rings (SSSR count). The van der Waals surface area contributed by atoms with Crippen molar-refractivity contribution in [1.29, 1.82) is 0 Å². The van der Waals surface area contributed by atoms with Crippen LogP contribution < -0.4 is 5.32 Å². The third-order valence-corrected chi connectivity index (χ3v) is 5.31. The van der Waals surface area contributed by atoms with E-state index in [1.54, 1.807) is 35.0 Å². The molecule has 1 N–H and O–H groups in total. The maximum Gasteiger partial charge on any atom is 0.338 e. The molecule has 0 aliphatic carbocycles. The first-order valence-corrected chi connectivity index (χ1v) is 10.2. The second-order valence-electron chi connectivity index (χ2n) is 7.85. The van der Waals surface area contributed by atoms with Gasteiger partial charge in [0.05, 0.1) is 29.4 Å². The van der Waals surface area contributed by atoms with Gasteiger partial charge in [-0.25, -0.2) is 9.78 Å². The van der Waals surface area contributed by atoms with Crippen LogP contribution in [0.2, 0.25) is 0 Å². The first-order valence-electron chi connectivity index (χ1n) is 10.2. The van der Waals surface area contributed by atoms with Crippen LogP contribution in [0, 0.1) is 27.7 Å². The quantitative estimate of drug-likeness (QED) is 0.477. The van der Waals surface area contributed by atoms with Crippen molar-refractivity contribution in [1.82, 2.24) is 14.8 Å². The zero-order valence-electron chi connectivity index (χ0n) is 18.7. The van der Waals surface area contributed by atoms with Gasteiger partial charge in [-0.1, -0.05) is 23.8 Å². The first-order chi connectivity index (χ1) is 15.3. The number of anilines is 1. The summed E-state index contributed by atoms with van der Waals surface area (Å²) in [6.07, 6.45) is 0. The third kappa shape index (κ3) is 3.85. The van der Waals surface area contributed by atoms with Gasteiger partial charge in [-0.15, -0.1) is 0 Å². The summed E-state index contributed by atoms with van der Waals surface area (Å²) in [5.41, 5.74) is 5.36. The molecular weight excluding hydrogens is 404 g/mol.